The summed E-state index contributed by atoms with van der Waals surface area (Å²) in [6, 6.07) is 9.10. The van der Waals surface area contributed by atoms with Gasteiger partial charge in [0.2, 0.25) is 5.28 Å². The first kappa shape index (κ1) is 13.1. The zero-order valence-electron chi connectivity index (χ0n) is 9.91. The Balaban J connectivity index is 2.67. The van der Waals surface area contributed by atoms with Crippen LogP contribution in [-0.4, -0.2) is 35.8 Å². The molecule has 0 aliphatic carbocycles. The van der Waals surface area contributed by atoms with Gasteiger partial charge in [-0.05, 0) is 11.6 Å². The molecule has 0 fully saturated rings. The SMILES string of the molecule is CN(C)S(=O)(=O)n1c(-c2ccccc2)cnc1Cl. The fourth-order valence-corrected chi connectivity index (χ4v) is 2.87. The summed E-state index contributed by atoms with van der Waals surface area (Å²) < 4.78 is 26.5. The maximum Gasteiger partial charge on any atom is 0.309 e. The minimum absolute atomic E-state index is 0.0810. The average Bonchev–Trinajstić information content (AvgIpc) is 2.72. The first-order chi connectivity index (χ1) is 8.44. The van der Waals surface area contributed by atoms with Crippen LogP contribution in [0.15, 0.2) is 36.5 Å². The van der Waals surface area contributed by atoms with Crippen molar-refractivity contribution in [3.63, 3.8) is 0 Å². The van der Waals surface area contributed by atoms with Crippen molar-refractivity contribution in [2.75, 3.05) is 14.1 Å². The molecule has 7 heteroatoms. The van der Waals surface area contributed by atoms with Crippen molar-refractivity contribution in [1.82, 2.24) is 13.3 Å². The van der Waals surface area contributed by atoms with E-state index in [4.69, 9.17) is 11.6 Å². The van der Waals surface area contributed by atoms with Gasteiger partial charge in [-0.1, -0.05) is 30.3 Å². The quantitative estimate of drug-likeness (QED) is 0.865. The fraction of sp³-hybridized carbons (Fsp3) is 0.182. The van der Waals surface area contributed by atoms with Gasteiger partial charge in [-0.15, -0.1) is 0 Å². The van der Waals surface area contributed by atoms with E-state index in [0.717, 1.165) is 13.8 Å². The van der Waals surface area contributed by atoms with Crippen molar-refractivity contribution in [2.45, 2.75) is 0 Å². The first-order valence-corrected chi connectivity index (χ1v) is 6.94. The van der Waals surface area contributed by atoms with Crippen molar-refractivity contribution < 1.29 is 8.42 Å². The van der Waals surface area contributed by atoms with E-state index in [0.29, 0.717) is 5.69 Å². The van der Waals surface area contributed by atoms with Crippen molar-refractivity contribution in [3.8, 4) is 11.3 Å². The molecule has 1 aromatic heterocycles. The molecule has 0 aliphatic heterocycles. The van der Waals surface area contributed by atoms with Crippen LogP contribution < -0.4 is 0 Å². The van der Waals surface area contributed by atoms with E-state index in [1.807, 2.05) is 18.2 Å². The van der Waals surface area contributed by atoms with Gasteiger partial charge in [0, 0.05) is 19.7 Å². The zero-order chi connectivity index (χ0) is 13.3. The van der Waals surface area contributed by atoms with Gasteiger partial charge >= 0.3 is 10.2 Å². The molecule has 1 aromatic carbocycles. The number of halogens is 1. The van der Waals surface area contributed by atoms with Crippen LogP contribution in [0.1, 0.15) is 0 Å². The van der Waals surface area contributed by atoms with Crippen LogP contribution >= 0.6 is 11.6 Å². The van der Waals surface area contributed by atoms with Gasteiger partial charge < -0.3 is 0 Å². The summed E-state index contributed by atoms with van der Waals surface area (Å²) >= 11 is 5.87. The molecule has 0 aliphatic rings. The molecular weight excluding hydrogens is 274 g/mol. The third-order valence-corrected chi connectivity index (χ3v) is 4.56. The topological polar surface area (TPSA) is 55.2 Å². The lowest BCUT2D eigenvalue weighted by atomic mass is 10.2. The third-order valence-electron chi connectivity index (χ3n) is 2.44. The molecule has 0 spiro atoms. The summed E-state index contributed by atoms with van der Waals surface area (Å²) in [5, 5.41) is -0.0810. The van der Waals surface area contributed by atoms with E-state index < -0.39 is 10.2 Å². The van der Waals surface area contributed by atoms with Crippen molar-refractivity contribution in [1.29, 1.82) is 0 Å². The molecule has 0 radical (unpaired) electrons. The average molecular weight is 286 g/mol. The summed E-state index contributed by atoms with van der Waals surface area (Å²) in [7, 11) is -0.798. The Morgan fingerprint density at radius 1 is 1.22 bits per heavy atom. The highest BCUT2D eigenvalue weighted by atomic mass is 35.5. The second-order valence-electron chi connectivity index (χ2n) is 3.83. The number of rotatable bonds is 3. The fourth-order valence-electron chi connectivity index (χ4n) is 1.50. The Morgan fingerprint density at radius 3 is 2.39 bits per heavy atom. The predicted molar refractivity (Wildman–Crippen MR) is 70.7 cm³/mol. The first-order valence-electron chi connectivity index (χ1n) is 5.16. The van der Waals surface area contributed by atoms with E-state index in [2.05, 4.69) is 4.98 Å². The lowest BCUT2D eigenvalue weighted by molar-refractivity contribution is 0.511. The maximum atomic E-state index is 12.2. The highest BCUT2D eigenvalue weighted by Gasteiger charge is 2.24. The minimum Gasteiger partial charge on any atom is -0.225 e. The Bertz CT molecular complexity index is 650. The van der Waals surface area contributed by atoms with Crippen LogP contribution in [-0.2, 0) is 10.2 Å². The van der Waals surface area contributed by atoms with Crippen LogP contribution in [0, 0.1) is 0 Å². The van der Waals surface area contributed by atoms with Gasteiger partial charge in [-0.25, -0.2) is 4.98 Å². The number of imidazole rings is 1. The summed E-state index contributed by atoms with van der Waals surface area (Å²) in [6.45, 7) is 0. The molecule has 96 valence electrons. The molecular formula is C11H12ClN3O2S. The Kier molecular flexibility index (Phi) is 3.43. The van der Waals surface area contributed by atoms with Crippen LogP contribution in [0.2, 0.25) is 5.28 Å². The molecule has 18 heavy (non-hydrogen) atoms. The van der Waals surface area contributed by atoms with Gasteiger partial charge in [-0.3, -0.25) is 0 Å². The molecule has 0 unspecified atom stereocenters. The Morgan fingerprint density at radius 2 is 1.83 bits per heavy atom. The lowest BCUT2D eigenvalue weighted by Gasteiger charge is -2.15. The number of hydrogen-bond acceptors (Lipinski definition) is 3. The number of nitrogens with zero attached hydrogens (tertiary/aromatic N) is 3. The molecule has 0 saturated carbocycles. The van der Waals surface area contributed by atoms with Crippen molar-refractivity contribution >= 4 is 21.8 Å². The summed E-state index contributed by atoms with van der Waals surface area (Å²) in [6.07, 6.45) is 1.44. The van der Waals surface area contributed by atoms with E-state index >= 15 is 0 Å². The second-order valence-corrected chi connectivity index (χ2v) is 6.16. The largest absolute Gasteiger partial charge is 0.309 e. The molecule has 0 bridgehead atoms. The predicted octanol–water partition coefficient (Wildman–Crippen LogP) is 1.86. The highest BCUT2D eigenvalue weighted by Crippen LogP contribution is 2.25. The normalized spacial score (nSPS) is 12.0. The Labute approximate surface area is 111 Å². The van der Waals surface area contributed by atoms with Gasteiger partial charge in [0.1, 0.15) is 0 Å². The summed E-state index contributed by atoms with van der Waals surface area (Å²) in [4.78, 5) is 3.86. The summed E-state index contributed by atoms with van der Waals surface area (Å²) in [5.74, 6) is 0. The number of aromatic nitrogens is 2. The monoisotopic (exact) mass is 285 g/mol. The molecule has 0 saturated heterocycles. The molecule has 2 aromatic rings. The molecule has 0 N–H and O–H groups in total. The van der Waals surface area contributed by atoms with Crippen LogP contribution in [0.4, 0.5) is 0 Å². The second kappa shape index (κ2) is 4.72. The lowest BCUT2D eigenvalue weighted by Crippen LogP contribution is -2.29. The highest BCUT2D eigenvalue weighted by molar-refractivity contribution is 7.87. The number of benzene rings is 1. The molecule has 1 heterocycles. The van der Waals surface area contributed by atoms with Crippen LogP contribution in [0.3, 0.4) is 0 Å². The van der Waals surface area contributed by atoms with Crippen molar-refractivity contribution in [3.05, 3.63) is 41.8 Å². The third kappa shape index (κ3) is 2.14. The van der Waals surface area contributed by atoms with E-state index in [-0.39, 0.29) is 5.28 Å². The van der Waals surface area contributed by atoms with E-state index in [9.17, 15) is 8.42 Å². The van der Waals surface area contributed by atoms with E-state index in [1.54, 1.807) is 12.1 Å². The van der Waals surface area contributed by atoms with Gasteiger partial charge in [0.15, 0.2) is 0 Å². The molecule has 0 amide bonds. The maximum absolute atomic E-state index is 12.2. The molecule has 2 rings (SSSR count). The van der Waals surface area contributed by atoms with Crippen LogP contribution in [0.25, 0.3) is 11.3 Å². The van der Waals surface area contributed by atoms with Crippen molar-refractivity contribution in [2.24, 2.45) is 0 Å². The van der Waals surface area contributed by atoms with Gasteiger partial charge in [-0.2, -0.15) is 16.7 Å². The Hall–Kier alpha value is -1.37. The minimum atomic E-state index is -3.69. The summed E-state index contributed by atoms with van der Waals surface area (Å²) in [5.41, 5.74) is 1.18. The smallest absolute Gasteiger partial charge is 0.225 e. The zero-order valence-corrected chi connectivity index (χ0v) is 11.5. The molecule has 5 nitrogen and oxygen atoms in total. The van der Waals surface area contributed by atoms with Crippen LogP contribution in [0.5, 0.6) is 0 Å². The molecule has 0 atom stereocenters. The van der Waals surface area contributed by atoms with E-state index in [1.165, 1.54) is 20.3 Å². The van der Waals surface area contributed by atoms with Gasteiger partial charge in [0.05, 0.1) is 11.9 Å². The standard InChI is InChI=1S/C11H12ClN3O2S/c1-14(2)18(16,17)15-10(8-13-11(15)12)9-6-4-3-5-7-9/h3-8H,1-2H3. The van der Waals surface area contributed by atoms with Gasteiger partial charge in [0.25, 0.3) is 0 Å². The number of hydrogen-bond donors (Lipinski definition) is 0.